The molecule has 2 aliphatic rings. The Bertz CT molecular complexity index is 183. The van der Waals surface area contributed by atoms with Gasteiger partial charge in [-0.25, -0.2) is 0 Å². The van der Waals surface area contributed by atoms with Gasteiger partial charge < -0.3 is 10.1 Å². The molecule has 1 aliphatic carbocycles. The summed E-state index contributed by atoms with van der Waals surface area (Å²) in [5.74, 6) is 0.987. The Kier molecular flexibility index (Phi) is 5.11. The van der Waals surface area contributed by atoms with Gasteiger partial charge in [-0.3, -0.25) is 0 Å². The second-order valence-electron chi connectivity index (χ2n) is 5.68. The zero-order chi connectivity index (χ0) is 11.2. The molecule has 0 aromatic carbocycles. The molecule has 94 valence electrons. The fourth-order valence-electron chi connectivity index (χ4n) is 3.14. The molecule has 2 heteroatoms. The van der Waals surface area contributed by atoms with Crippen LogP contribution in [0.4, 0.5) is 0 Å². The molecule has 16 heavy (non-hydrogen) atoms. The molecule has 1 aliphatic heterocycles. The largest absolute Gasteiger partial charge is 0.377 e. The maximum atomic E-state index is 5.63. The fourth-order valence-corrected chi connectivity index (χ4v) is 3.14. The summed E-state index contributed by atoms with van der Waals surface area (Å²) in [4.78, 5) is 0. The molecule has 0 aromatic heterocycles. The molecule has 0 bridgehead atoms. The van der Waals surface area contributed by atoms with Crippen molar-refractivity contribution in [2.24, 2.45) is 5.92 Å². The van der Waals surface area contributed by atoms with E-state index >= 15 is 0 Å². The van der Waals surface area contributed by atoms with Crippen LogP contribution in [0, 0.1) is 5.92 Å². The van der Waals surface area contributed by atoms with Crippen molar-refractivity contribution in [2.75, 3.05) is 13.2 Å². The number of nitrogens with one attached hydrogen (secondary N) is 1. The highest BCUT2D eigenvalue weighted by atomic mass is 16.5. The monoisotopic (exact) mass is 225 g/mol. The first-order valence-electron chi connectivity index (χ1n) is 7.19. The van der Waals surface area contributed by atoms with Crippen LogP contribution in [0.2, 0.25) is 0 Å². The molecule has 2 atom stereocenters. The first kappa shape index (κ1) is 12.4. The number of hydrogen-bond acceptors (Lipinski definition) is 2. The van der Waals surface area contributed by atoms with Crippen molar-refractivity contribution >= 4 is 0 Å². The van der Waals surface area contributed by atoms with Crippen molar-refractivity contribution in [3.63, 3.8) is 0 Å². The lowest BCUT2D eigenvalue weighted by Crippen LogP contribution is -2.35. The average Bonchev–Trinajstić information content (AvgIpc) is 2.81. The zero-order valence-corrected chi connectivity index (χ0v) is 10.7. The SMILES string of the molecule is CC(CC1CCCCC1)NCC1CCCO1. The normalized spacial score (nSPS) is 29.4. The zero-order valence-electron chi connectivity index (χ0n) is 10.7. The van der Waals surface area contributed by atoms with Gasteiger partial charge in [0.2, 0.25) is 0 Å². The summed E-state index contributed by atoms with van der Waals surface area (Å²) in [6.45, 7) is 4.38. The van der Waals surface area contributed by atoms with E-state index in [0.29, 0.717) is 12.1 Å². The van der Waals surface area contributed by atoms with Crippen molar-refractivity contribution < 1.29 is 4.74 Å². The van der Waals surface area contributed by atoms with Gasteiger partial charge in [0.1, 0.15) is 0 Å². The van der Waals surface area contributed by atoms with Crippen LogP contribution in [0.3, 0.4) is 0 Å². The predicted molar refractivity (Wildman–Crippen MR) is 67.6 cm³/mol. The Hall–Kier alpha value is -0.0800. The second-order valence-corrected chi connectivity index (χ2v) is 5.68. The lowest BCUT2D eigenvalue weighted by Gasteiger charge is -2.25. The highest BCUT2D eigenvalue weighted by molar-refractivity contribution is 4.74. The van der Waals surface area contributed by atoms with Gasteiger partial charge in [-0.2, -0.15) is 0 Å². The van der Waals surface area contributed by atoms with Crippen LogP contribution in [0.5, 0.6) is 0 Å². The number of hydrogen-bond donors (Lipinski definition) is 1. The van der Waals surface area contributed by atoms with Crippen LogP contribution >= 0.6 is 0 Å². The standard InChI is InChI=1S/C14H27NO/c1-12(10-13-6-3-2-4-7-13)15-11-14-8-5-9-16-14/h12-15H,2-11H2,1H3. The van der Waals surface area contributed by atoms with Crippen LogP contribution in [0.25, 0.3) is 0 Å². The van der Waals surface area contributed by atoms with Crippen LogP contribution in [0.1, 0.15) is 58.3 Å². The number of rotatable bonds is 5. The third kappa shape index (κ3) is 4.06. The van der Waals surface area contributed by atoms with Gasteiger partial charge in [-0.05, 0) is 32.1 Å². The third-order valence-electron chi connectivity index (χ3n) is 4.13. The van der Waals surface area contributed by atoms with E-state index in [9.17, 15) is 0 Å². The molecule has 1 N–H and O–H groups in total. The fraction of sp³-hybridized carbons (Fsp3) is 1.00. The summed E-state index contributed by atoms with van der Waals surface area (Å²) in [6.07, 6.45) is 11.7. The minimum absolute atomic E-state index is 0.494. The summed E-state index contributed by atoms with van der Waals surface area (Å²) in [7, 11) is 0. The smallest absolute Gasteiger partial charge is 0.0700 e. The van der Waals surface area contributed by atoms with E-state index in [0.717, 1.165) is 19.1 Å². The van der Waals surface area contributed by atoms with Crippen molar-refractivity contribution in [2.45, 2.75) is 70.4 Å². The molecule has 0 aromatic rings. The van der Waals surface area contributed by atoms with E-state index in [1.165, 1.54) is 51.4 Å². The maximum absolute atomic E-state index is 5.63. The molecule has 1 heterocycles. The minimum Gasteiger partial charge on any atom is -0.377 e. The third-order valence-corrected chi connectivity index (χ3v) is 4.13. The van der Waals surface area contributed by atoms with E-state index in [1.54, 1.807) is 0 Å². The van der Waals surface area contributed by atoms with Crippen molar-refractivity contribution in [1.82, 2.24) is 5.32 Å². The van der Waals surface area contributed by atoms with E-state index in [1.807, 2.05) is 0 Å². The lowest BCUT2D eigenvalue weighted by atomic mass is 9.85. The molecule has 0 spiro atoms. The Morgan fingerprint density at radius 3 is 2.62 bits per heavy atom. The van der Waals surface area contributed by atoms with Crippen molar-refractivity contribution in [1.29, 1.82) is 0 Å². The van der Waals surface area contributed by atoms with E-state index in [-0.39, 0.29) is 0 Å². The lowest BCUT2D eigenvalue weighted by molar-refractivity contribution is 0.106. The van der Waals surface area contributed by atoms with E-state index in [4.69, 9.17) is 4.74 Å². The Balaban J connectivity index is 1.57. The minimum atomic E-state index is 0.494. The predicted octanol–water partition coefficient (Wildman–Crippen LogP) is 3.11. The Morgan fingerprint density at radius 1 is 1.12 bits per heavy atom. The molecule has 0 amide bonds. The van der Waals surface area contributed by atoms with Gasteiger partial charge in [-0.15, -0.1) is 0 Å². The highest BCUT2D eigenvalue weighted by Gasteiger charge is 2.19. The van der Waals surface area contributed by atoms with Crippen molar-refractivity contribution in [3.05, 3.63) is 0 Å². The molecule has 2 nitrogen and oxygen atoms in total. The van der Waals surface area contributed by atoms with E-state index < -0.39 is 0 Å². The molecular formula is C14H27NO. The molecule has 2 fully saturated rings. The van der Waals surface area contributed by atoms with Crippen molar-refractivity contribution in [3.8, 4) is 0 Å². The summed E-state index contributed by atoms with van der Waals surface area (Å²) in [5, 5.41) is 3.65. The Morgan fingerprint density at radius 2 is 1.94 bits per heavy atom. The second kappa shape index (κ2) is 6.61. The van der Waals surface area contributed by atoms with Crippen LogP contribution < -0.4 is 5.32 Å². The van der Waals surface area contributed by atoms with Crippen LogP contribution in [-0.2, 0) is 4.74 Å². The van der Waals surface area contributed by atoms with Gasteiger partial charge in [0, 0.05) is 19.2 Å². The summed E-state index contributed by atoms with van der Waals surface area (Å²) in [5.41, 5.74) is 0. The molecule has 2 unspecified atom stereocenters. The first-order chi connectivity index (χ1) is 7.84. The van der Waals surface area contributed by atoms with Gasteiger partial charge in [0.15, 0.2) is 0 Å². The van der Waals surface area contributed by atoms with E-state index in [2.05, 4.69) is 12.2 Å². The molecule has 1 saturated heterocycles. The summed E-state index contributed by atoms with van der Waals surface area (Å²) < 4.78 is 5.63. The van der Waals surface area contributed by atoms with Gasteiger partial charge in [-0.1, -0.05) is 32.1 Å². The quantitative estimate of drug-likeness (QED) is 0.776. The molecule has 1 saturated carbocycles. The molecular weight excluding hydrogens is 198 g/mol. The molecule has 2 rings (SSSR count). The van der Waals surface area contributed by atoms with Gasteiger partial charge >= 0.3 is 0 Å². The summed E-state index contributed by atoms with van der Waals surface area (Å²) in [6, 6.07) is 0.673. The first-order valence-corrected chi connectivity index (χ1v) is 7.19. The molecule has 0 radical (unpaired) electrons. The maximum Gasteiger partial charge on any atom is 0.0700 e. The Labute approximate surface area is 100 Å². The van der Waals surface area contributed by atoms with Crippen LogP contribution in [0.15, 0.2) is 0 Å². The van der Waals surface area contributed by atoms with Gasteiger partial charge in [0.25, 0.3) is 0 Å². The highest BCUT2D eigenvalue weighted by Crippen LogP contribution is 2.27. The average molecular weight is 225 g/mol. The van der Waals surface area contributed by atoms with Crippen LogP contribution in [-0.4, -0.2) is 25.3 Å². The topological polar surface area (TPSA) is 21.3 Å². The summed E-state index contributed by atoms with van der Waals surface area (Å²) >= 11 is 0. The number of ether oxygens (including phenoxy) is 1. The van der Waals surface area contributed by atoms with Gasteiger partial charge in [0.05, 0.1) is 6.10 Å².